The molecule has 0 radical (unpaired) electrons. The van der Waals surface area contributed by atoms with E-state index in [1.54, 1.807) is 12.4 Å². The van der Waals surface area contributed by atoms with Gasteiger partial charge in [0.25, 0.3) is 0 Å². The third-order valence-electron chi connectivity index (χ3n) is 2.19. The molecule has 0 spiro atoms. The molecule has 0 aliphatic rings. The van der Waals surface area contributed by atoms with Gasteiger partial charge in [-0.05, 0) is 11.8 Å². The molecule has 0 fully saturated rings. The topological polar surface area (TPSA) is 46.0 Å². The molecule has 1 heterocycles. The summed E-state index contributed by atoms with van der Waals surface area (Å²) in [6.07, 6.45) is 2.81. The fraction of sp³-hybridized carbons (Fsp3) is 0.538. The van der Waals surface area contributed by atoms with Gasteiger partial charge in [0.05, 0.1) is 6.10 Å². The predicted molar refractivity (Wildman–Crippen MR) is 72.1 cm³/mol. The summed E-state index contributed by atoms with van der Waals surface area (Å²) in [4.78, 5) is 8.33. The van der Waals surface area contributed by atoms with Crippen molar-refractivity contribution in [2.75, 3.05) is 0 Å². The quantitative estimate of drug-likeness (QED) is 0.646. The van der Waals surface area contributed by atoms with E-state index in [0.717, 1.165) is 5.56 Å². The molecule has 3 nitrogen and oxygen atoms in total. The summed E-state index contributed by atoms with van der Waals surface area (Å²) >= 11 is 0. The summed E-state index contributed by atoms with van der Waals surface area (Å²) in [5.74, 6) is 3.69. The van der Waals surface area contributed by atoms with Crippen molar-refractivity contribution in [3.8, 4) is 11.5 Å². The van der Waals surface area contributed by atoms with Crippen molar-refractivity contribution in [2.24, 2.45) is 5.92 Å². The van der Waals surface area contributed by atoms with Crippen LogP contribution in [0, 0.1) is 17.4 Å². The lowest BCUT2D eigenvalue weighted by Gasteiger charge is -2.13. The molecule has 4 heteroatoms. The molecule has 92 valence electrons. The molecule has 1 rings (SSSR count). The molecule has 1 aromatic heterocycles. The zero-order chi connectivity index (χ0) is 13.1. The standard InChI is InChI=1S/C13H20N2OSi/c1-10(2)13(16)11-8-14-12(15-9-11)6-7-17(3,4)5/h8-10,13,16H,1-5H3/t13-/m1/s1. The molecule has 1 atom stereocenters. The van der Waals surface area contributed by atoms with Crippen molar-refractivity contribution >= 4 is 8.07 Å². The summed E-state index contributed by atoms with van der Waals surface area (Å²) in [6, 6.07) is 0. The summed E-state index contributed by atoms with van der Waals surface area (Å²) < 4.78 is 0. The van der Waals surface area contributed by atoms with Crippen LogP contribution in [-0.2, 0) is 0 Å². The van der Waals surface area contributed by atoms with Crippen LogP contribution in [0.2, 0.25) is 19.6 Å². The van der Waals surface area contributed by atoms with E-state index < -0.39 is 14.2 Å². The van der Waals surface area contributed by atoms with Crippen LogP contribution >= 0.6 is 0 Å². The van der Waals surface area contributed by atoms with Crippen molar-refractivity contribution < 1.29 is 5.11 Å². The first-order valence-corrected chi connectivity index (χ1v) is 9.33. The number of aliphatic hydroxyl groups is 1. The monoisotopic (exact) mass is 248 g/mol. The van der Waals surface area contributed by atoms with Gasteiger partial charge in [-0.1, -0.05) is 33.5 Å². The lowest BCUT2D eigenvalue weighted by atomic mass is 10.0. The highest BCUT2D eigenvalue weighted by Crippen LogP contribution is 2.19. The first-order valence-electron chi connectivity index (χ1n) is 5.83. The predicted octanol–water partition coefficient (Wildman–Crippen LogP) is 2.39. The van der Waals surface area contributed by atoms with Gasteiger partial charge in [0, 0.05) is 18.0 Å². The Hall–Kier alpha value is -1.18. The van der Waals surface area contributed by atoms with Crippen molar-refractivity contribution in [3.05, 3.63) is 23.8 Å². The second-order valence-electron chi connectivity index (χ2n) is 5.53. The lowest BCUT2D eigenvalue weighted by Crippen LogP contribution is -2.16. The lowest BCUT2D eigenvalue weighted by molar-refractivity contribution is 0.126. The zero-order valence-corrected chi connectivity index (χ0v) is 12.2. The van der Waals surface area contributed by atoms with Crippen LogP contribution in [0.5, 0.6) is 0 Å². The fourth-order valence-corrected chi connectivity index (χ4v) is 1.67. The molecule has 1 aromatic rings. The van der Waals surface area contributed by atoms with E-state index in [1.807, 2.05) is 13.8 Å². The largest absolute Gasteiger partial charge is 0.388 e. The van der Waals surface area contributed by atoms with Gasteiger partial charge in [-0.25, -0.2) is 9.97 Å². The SMILES string of the molecule is CC(C)[C@@H](O)c1cnc(C#C[Si](C)(C)C)nc1. The third kappa shape index (κ3) is 4.68. The molecule has 0 saturated heterocycles. The van der Waals surface area contributed by atoms with Gasteiger partial charge in [-0.2, -0.15) is 0 Å². The van der Waals surface area contributed by atoms with Gasteiger partial charge >= 0.3 is 0 Å². The van der Waals surface area contributed by atoms with E-state index in [2.05, 4.69) is 41.1 Å². The number of hydrogen-bond donors (Lipinski definition) is 1. The van der Waals surface area contributed by atoms with Gasteiger partial charge in [-0.3, -0.25) is 0 Å². The molecule has 0 aliphatic heterocycles. The summed E-state index contributed by atoms with van der Waals surface area (Å²) in [6.45, 7) is 10.5. The van der Waals surface area contributed by atoms with Gasteiger partial charge in [0.1, 0.15) is 8.07 Å². The Bertz CT molecular complexity index is 423. The minimum atomic E-state index is -1.38. The van der Waals surface area contributed by atoms with Crippen LogP contribution in [-0.4, -0.2) is 23.1 Å². The maximum atomic E-state index is 9.84. The molecule has 1 N–H and O–H groups in total. The highest BCUT2D eigenvalue weighted by atomic mass is 28.3. The van der Waals surface area contributed by atoms with E-state index in [1.165, 1.54) is 0 Å². The molecule has 0 saturated carbocycles. The average molecular weight is 248 g/mol. The van der Waals surface area contributed by atoms with Crippen molar-refractivity contribution in [1.82, 2.24) is 9.97 Å². The third-order valence-corrected chi connectivity index (χ3v) is 3.07. The molecular formula is C13H20N2OSi. The Kier molecular flexibility index (Phi) is 4.44. The van der Waals surface area contributed by atoms with Crippen LogP contribution in [0.25, 0.3) is 0 Å². The highest BCUT2D eigenvalue weighted by Gasteiger charge is 2.12. The van der Waals surface area contributed by atoms with Crippen molar-refractivity contribution in [1.29, 1.82) is 0 Å². The Labute approximate surface area is 104 Å². The summed E-state index contributed by atoms with van der Waals surface area (Å²) in [5.41, 5.74) is 3.96. The normalized spacial score (nSPS) is 13.1. The van der Waals surface area contributed by atoms with Crippen molar-refractivity contribution in [3.63, 3.8) is 0 Å². The van der Waals surface area contributed by atoms with Crippen LogP contribution in [0.15, 0.2) is 12.4 Å². The Morgan fingerprint density at radius 1 is 1.18 bits per heavy atom. The second-order valence-corrected chi connectivity index (χ2v) is 10.3. The summed E-state index contributed by atoms with van der Waals surface area (Å²) in [5, 5.41) is 9.84. The minimum Gasteiger partial charge on any atom is -0.388 e. The molecule has 0 amide bonds. The van der Waals surface area contributed by atoms with Crippen LogP contribution in [0.1, 0.15) is 31.3 Å². The molecule has 0 aliphatic carbocycles. The number of rotatable bonds is 2. The smallest absolute Gasteiger partial charge is 0.204 e. The van der Waals surface area contributed by atoms with E-state index in [4.69, 9.17) is 0 Å². The minimum absolute atomic E-state index is 0.164. The second kappa shape index (κ2) is 5.43. The Balaban J connectivity index is 2.84. The number of aliphatic hydroxyl groups excluding tert-OH is 1. The fourth-order valence-electron chi connectivity index (χ4n) is 1.18. The molecular weight excluding hydrogens is 228 g/mol. The van der Waals surface area contributed by atoms with Gasteiger partial charge in [0.15, 0.2) is 0 Å². The van der Waals surface area contributed by atoms with Crippen LogP contribution in [0.3, 0.4) is 0 Å². The molecule has 17 heavy (non-hydrogen) atoms. The maximum absolute atomic E-state index is 9.84. The van der Waals surface area contributed by atoms with E-state index in [-0.39, 0.29) is 5.92 Å². The summed E-state index contributed by atoms with van der Waals surface area (Å²) in [7, 11) is -1.38. The van der Waals surface area contributed by atoms with Crippen LogP contribution in [0.4, 0.5) is 0 Å². The van der Waals surface area contributed by atoms with E-state index in [9.17, 15) is 5.11 Å². The van der Waals surface area contributed by atoms with E-state index in [0.29, 0.717) is 5.82 Å². The van der Waals surface area contributed by atoms with Crippen LogP contribution < -0.4 is 0 Å². The van der Waals surface area contributed by atoms with Gasteiger partial charge in [-0.15, -0.1) is 5.54 Å². The van der Waals surface area contributed by atoms with Gasteiger partial charge in [0.2, 0.25) is 5.82 Å². The molecule has 0 unspecified atom stereocenters. The van der Waals surface area contributed by atoms with E-state index >= 15 is 0 Å². The van der Waals surface area contributed by atoms with Crippen molar-refractivity contribution in [2.45, 2.75) is 39.6 Å². The number of aromatic nitrogens is 2. The number of hydrogen-bond acceptors (Lipinski definition) is 3. The highest BCUT2D eigenvalue weighted by molar-refractivity contribution is 6.83. The average Bonchev–Trinajstić information content (AvgIpc) is 2.25. The molecule has 0 bridgehead atoms. The maximum Gasteiger partial charge on any atom is 0.204 e. The first-order chi connectivity index (χ1) is 7.79. The van der Waals surface area contributed by atoms with Gasteiger partial charge < -0.3 is 5.11 Å². The number of nitrogens with zero attached hydrogens (tertiary/aromatic N) is 2. The molecule has 0 aromatic carbocycles. The Morgan fingerprint density at radius 3 is 2.12 bits per heavy atom. The zero-order valence-electron chi connectivity index (χ0n) is 11.2. The first kappa shape index (κ1) is 13.9. The Morgan fingerprint density at radius 2 is 1.71 bits per heavy atom.